The maximum atomic E-state index is 5.61. The summed E-state index contributed by atoms with van der Waals surface area (Å²) >= 11 is 5.61. The number of pyridine rings is 1. The predicted octanol–water partition coefficient (Wildman–Crippen LogP) is 4.38. The van der Waals surface area contributed by atoms with Crippen molar-refractivity contribution in [3.05, 3.63) is 54.1 Å². The van der Waals surface area contributed by atoms with Gasteiger partial charge in [0.2, 0.25) is 0 Å². The lowest BCUT2D eigenvalue weighted by atomic mass is 9.95. The Kier molecular flexibility index (Phi) is 4.75. The van der Waals surface area contributed by atoms with E-state index in [0.29, 0.717) is 6.04 Å². The number of nitrogens with zero attached hydrogens (tertiary/aromatic N) is 3. The van der Waals surface area contributed by atoms with Crippen molar-refractivity contribution in [1.82, 2.24) is 19.8 Å². The molecule has 0 radical (unpaired) electrons. The Hall–Kier alpha value is -1.88. The topological polar surface area (TPSA) is 33.1 Å². The van der Waals surface area contributed by atoms with Crippen molar-refractivity contribution in [2.24, 2.45) is 0 Å². The standard InChI is InChI=1S/C20H26N4S/c1-2-24-19(18(22-20(24)25)17-10-6-7-12-21-17)15-11-13-23(14-15)16-8-4-3-5-9-16/h6-7,10-14,16,18-19H,2-5,8-9H2,1H3,(H,22,25)/t18-,19-/m1/s1. The Bertz CT molecular complexity index is 720. The van der Waals surface area contributed by atoms with E-state index in [0.717, 1.165) is 17.4 Å². The second-order valence-corrected chi connectivity index (χ2v) is 7.48. The first-order valence-electron chi connectivity index (χ1n) is 9.43. The smallest absolute Gasteiger partial charge is 0.170 e. The number of thiocarbonyl (C=S) groups is 1. The third-order valence-corrected chi connectivity index (χ3v) is 5.97. The summed E-state index contributed by atoms with van der Waals surface area (Å²) < 4.78 is 2.43. The molecule has 3 heterocycles. The highest BCUT2D eigenvalue weighted by Crippen LogP contribution is 2.39. The van der Waals surface area contributed by atoms with Gasteiger partial charge in [0, 0.05) is 31.2 Å². The van der Waals surface area contributed by atoms with Crippen LogP contribution in [0.5, 0.6) is 0 Å². The van der Waals surface area contributed by atoms with Crippen LogP contribution < -0.4 is 5.32 Å². The van der Waals surface area contributed by atoms with Gasteiger partial charge in [0.15, 0.2) is 5.11 Å². The van der Waals surface area contributed by atoms with Crippen LogP contribution in [0.1, 0.15) is 68.4 Å². The molecular formula is C20H26N4S. The Morgan fingerprint density at radius 1 is 1.20 bits per heavy atom. The zero-order valence-electron chi connectivity index (χ0n) is 14.8. The number of rotatable bonds is 4. The third kappa shape index (κ3) is 3.17. The fourth-order valence-electron chi connectivity index (χ4n) is 4.32. The maximum Gasteiger partial charge on any atom is 0.170 e. The number of aromatic nitrogens is 2. The van der Waals surface area contributed by atoms with Gasteiger partial charge in [-0.3, -0.25) is 4.98 Å². The Morgan fingerprint density at radius 2 is 2.04 bits per heavy atom. The molecule has 0 bridgehead atoms. The molecule has 1 N–H and O–H groups in total. The van der Waals surface area contributed by atoms with Crippen LogP contribution in [0.25, 0.3) is 0 Å². The normalized spacial score (nSPS) is 24.5. The second-order valence-electron chi connectivity index (χ2n) is 7.10. The van der Waals surface area contributed by atoms with Gasteiger partial charge in [-0.25, -0.2) is 0 Å². The highest BCUT2D eigenvalue weighted by Gasteiger charge is 2.39. The molecule has 2 atom stereocenters. The summed E-state index contributed by atoms with van der Waals surface area (Å²) in [5.74, 6) is 0. The molecule has 0 spiro atoms. The molecule has 4 nitrogen and oxygen atoms in total. The van der Waals surface area contributed by atoms with Crippen LogP contribution in [0.4, 0.5) is 0 Å². The molecule has 5 heteroatoms. The lowest BCUT2D eigenvalue weighted by Gasteiger charge is -2.26. The van der Waals surface area contributed by atoms with Gasteiger partial charge < -0.3 is 14.8 Å². The minimum atomic E-state index is 0.107. The summed E-state index contributed by atoms with van der Waals surface area (Å²) in [6.07, 6.45) is 13.2. The molecule has 1 aliphatic heterocycles. The summed E-state index contributed by atoms with van der Waals surface area (Å²) in [5, 5.41) is 4.32. The zero-order valence-corrected chi connectivity index (χ0v) is 15.6. The first kappa shape index (κ1) is 16.6. The van der Waals surface area contributed by atoms with Crippen LogP contribution in [0.15, 0.2) is 42.9 Å². The van der Waals surface area contributed by atoms with E-state index in [-0.39, 0.29) is 12.1 Å². The van der Waals surface area contributed by atoms with E-state index in [1.54, 1.807) is 0 Å². The number of nitrogens with one attached hydrogen (secondary N) is 1. The quantitative estimate of drug-likeness (QED) is 0.826. The molecule has 25 heavy (non-hydrogen) atoms. The van der Waals surface area contributed by atoms with Crippen molar-refractivity contribution < 1.29 is 0 Å². The van der Waals surface area contributed by atoms with Crippen LogP contribution in [0, 0.1) is 0 Å². The van der Waals surface area contributed by atoms with E-state index in [1.165, 1.54) is 37.7 Å². The van der Waals surface area contributed by atoms with Gasteiger partial charge in [-0.05, 0) is 55.7 Å². The first-order valence-corrected chi connectivity index (χ1v) is 9.84. The van der Waals surface area contributed by atoms with E-state index < -0.39 is 0 Å². The number of hydrogen-bond acceptors (Lipinski definition) is 2. The molecule has 1 saturated carbocycles. The highest BCUT2D eigenvalue weighted by atomic mass is 32.1. The van der Waals surface area contributed by atoms with Crippen LogP contribution in [0.3, 0.4) is 0 Å². The molecule has 2 aromatic rings. The van der Waals surface area contributed by atoms with Gasteiger partial charge in [0.05, 0.1) is 17.8 Å². The minimum Gasteiger partial charge on any atom is -0.352 e. The molecular weight excluding hydrogens is 328 g/mol. The van der Waals surface area contributed by atoms with Crippen LogP contribution in [-0.4, -0.2) is 26.1 Å². The molecule has 0 unspecified atom stereocenters. The molecule has 2 fully saturated rings. The lowest BCUT2D eigenvalue weighted by Crippen LogP contribution is -2.29. The molecule has 0 amide bonds. The average molecular weight is 355 g/mol. The molecule has 0 aromatic carbocycles. The minimum absolute atomic E-state index is 0.107. The van der Waals surface area contributed by atoms with Gasteiger partial charge in [0.1, 0.15) is 0 Å². The van der Waals surface area contributed by atoms with Gasteiger partial charge in [-0.1, -0.05) is 25.3 Å². The van der Waals surface area contributed by atoms with Crippen molar-refractivity contribution in [2.45, 2.75) is 57.2 Å². The highest BCUT2D eigenvalue weighted by molar-refractivity contribution is 7.80. The lowest BCUT2D eigenvalue weighted by molar-refractivity contribution is 0.326. The molecule has 2 aromatic heterocycles. The van der Waals surface area contributed by atoms with Crippen LogP contribution in [-0.2, 0) is 0 Å². The van der Waals surface area contributed by atoms with Crippen molar-refractivity contribution in [2.75, 3.05) is 6.54 Å². The Balaban J connectivity index is 1.65. The largest absolute Gasteiger partial charge is 0.352 e. The number of likely N-dealkylation sites (N-methyl/N-ethyl adjacent to an activating group) is 1. The van der Waals surface area contributed by atoms with Crippen molar-refractivity contribution in [3.8, 4) is 0 Å². The molecule has 132 valence electrons. The number of hydrogen-bond donors (Lipinski definition) is 1. The van der Waals surface area contributed by atoms with Crippen LogP contribution in [0.2, 0.25) is 0 Å². The van der Waals surface area contributed by atoms with E-state index >= 15 is 0 Å². The fourth-order valence-corrected chi connectivity index (χ4v) is 4.69. The summed E-state index contributed by atoms with van der Waals surface area (Å²) in [6.45, 7) is 3.06. The summed E-state index contributed by atoms with van der Waals surface area (Å²) in [4.78, 5) is 6.87. The summed E-state index contributed by atoms with van der Waals surface area (Å²) in [5.41, 5.74) is 2.38. The molecule has 1 aliphatic carbocycles. The maximum absolute atomic E-state index is 5.61. The Morgan fingerprint density at radius 3 is 2.76 bits per heavy atom. The third-order valence-electron chi connectivity index (χ3n) is 5.61. The fraction of sp³-hybridized carbons (Fsp3) is 0.500. The molecule has 2 aliphatic rings. The van der Waals surface area contributed by atoms with E-state index in [1.807, 2.05) is 18.3 Å². The predicted molar refractivity (Wildman–Crippen MR) is 104 cm³/mol. The van der Waals surface area contributed by atoms with E-state index in [4.69, 9.17) is 12.2 Å². The van der Waals surface area contributed by atoms with Gasteiger partial charge >= 0.3 is 0 Å². The van der Waals surface area contributed by atoms with Crippen molar-refractivity contribution >= 4 is 17.3 Å². The second kappa shape index (κ2) is 7.16. The summed E-state index contributed by atoms with van der Waals surface area (Å²) in [6, 6.07) is 9.34. The average Bonchev–Trinajstić information content (AvgIpc) is 3.27. The van der Waals surface area contributed by atoms with Crippen LogP contribution >= 0.6 is 12.2 Å². The van der Waals surface area contributed by atoms with Gasteiger partial charge in [-0.15, -0.1) is 0 Å². The first-order chi connectivity index (χ1) is 12.3. The zero-order chi connectivity index (χ0) is 17.2. The van der Waals surface area contributed by atoms with Gasteiger partial charge in [-0.2, -0.15) is 0 Å². The molecule has 1 saturated heterocycles. The van der Waals surface area contributed by atoms with Gasteiger partial charge in [0.25, 0.3) is 0 Å². The Labute approximate surface area is 155 Å². The molecule has 4 rings (SSSR count). The monoisotopic (exact) mass is 354 g/mol. The van der Waals surface area contributed by atoms with E-state index in [9.17, 15) is 0 Å². The van der Waals surface area contributed by atoms with Crippen molar-refractivity contribution in [1.29, 1.82) is 0 Å². The van der Waals surface area contributed by atoms with E-state index in [2.05, 4.69) is 51.2 Å². The SMILES string of the molecule is CCN1C(=S)N[C@H](c2ccccn2)[C@H]1c1ccn(C2CCCCC2)c1. The summed E-state index contributed by atoms with van der Waals surface area (Å²) in [7, 11) is 0. The van der Waals surface area contributed by atoms with Crippen molar-refractivity contribution in [3.63, 3.8) is 0 Å².